The molecule has 0 radical (unpaired) electrons. The summed E-state index contributed by atoms with van der Waals surface area (Å²) in [5, 5.41) is 12.3. The molecular weight excluding hydrogens is 460 g/mol. The van der Waals surface area contributed by atoms with Crippen molar-refractivity contribution >= 4 is 28.3 Å². The van der Waals surface area contributed by atoms with E-state index in [1.54, 1.807) is 12.0 Å². The number of hydrogen-bond acceptors (Lipinski definition) is 6. The quantitative estimate of drug-likeness (QED) is 0.374. The van der Waals surface area contributed by atoms with Gasteiger partial charge in [0.05, 0.1) is 7.11 Å². The molecule has 2 heterocycles. The maximum atomic E-state index is 13.2. The molecule has 1 atom stereocenters. The number of carbonyl (C=O) groups excluding carboxylic acids is 2. The van der Waals surface area contributed by atoms with Gasteiger partial charge in [-0.25, -0.2) is 0 Å². The summed E-state index contributed by atoms with van der Waals surface area (Å²) in [5.74, 6) is 0.402. The highest BCUT2D eigenvalue weighted by Crippen LogP contribution is 2.29. The van der Waals surface area contributed by atoms with Gasteiger partial charge in [-0.3, -0.25) is 14.9 Å². The SMILES string of the molecule is CCCCCCc1ccc(C(=O)N2CCCC2C(=O)Nc2nnc(-c3cccc(OC)c3)s2)cc1. The van der Waals surface area contributed by atoms with Crippen molar-refractivity contribution in [2.24, 2.45) is 0 Å². The predicted molar refractivity (Wildman–Crippen MR) is 139 cm³/mol. The van der Waals surface area contributed by atoms with Crippen LogP contribution in [-0.4, -0.2) is 46.6 Å². The van der Waals surface area contributed by atoms with Crippen LogP contribution in [0, 0.1) is 0 Å². The van der Waals surface area contributed by atoms with Crippen LogP contribution in [0.25, 0.3) is 10.6 Å². The normalized spacial score (nSPS) is 15.3. The average molecular weight is 493 g/mol. The zero-order valence-electron chi connectivity index (χ0n) is 20.3. The maximum absolute atomic E-state index is 13.2. The van der Waals surface area contributed by atoms with E-state index in [0.717, 1.165) is 24.2 Å². The van der Waals surface area contributed by atoms with Crippen LogP contribution in [-0.2, 0) is 11.2 Å². The molecular formula is C27H32N4O3S. The zero-order valence-corrected chi connectivity index (χ0v) is 21.1. The minimum atomic E-state index is -0.514. The molecule has 184 valence electrons. The Labute approximate surface area is 210 Å². The van der Waals surface area contributed by atoms with E-state index < -0.39 is 6.04 Å². The number of benzene rings is 2. The van der Waals surface area contributed by atoms with Crippen LogP contribution in [0.4, 0.5) is 5.13 Å². The van der Waals surface area contributed by atoms with Gasteiger partial charge in [-0.15, -0.1) is 10.2 Å². The Kier molecular flexibility index (Phi) is 8.47. The minimum absolute atomic E-state index is 0.102. The van der Waals surface area contributed by atoms with Gasteiger partial charge in [-0.2, -0.15) is 0 Å². The first-order valence-corrected chi connectivity index (χ1v) is 13.1. The lowest BCUT2D eigenvalue weighted by atomic mass is 10.0. The highest BCUT2D eigenvalue weighted by Gasteiger charge is 2.35. The van der Waals surface area contributed by atoms with Gasteiger partial charge in [0.2, 0.25) is 11.0 Å². The molecule has 1 fully saturated rings. The molecule has 1 N–H and O–H groups in total. The van der Waals surface area contributed by atoms with Gasteiger partial charge in [0, 0.05) is 17.7 Å². The van der Waals surface area contributed by atoms with Crippen molar-refractivity contribution < 1.29 is 14.3 Å². The van der Waals surface area contributed by atoms with Gasteiger partial charge in [0.25, 0.3) is 5.91 Å². The number of rotatable bonds is 10. The molecule has 0 bridgehead atoms. The van der Waals surface area contributed by atoms with Gasteiger partial charge < -0.3 is 9.64 Å². The summed E-state index contributed by atoms with van der Waals surface area (Å²) in [7, 11) is 1.61. The smallest absolute Gasteiger partial charge is 0.254 e. The Morgan fingerprint density at radius 2 is 1.94 bits per heavy atom. The monoisotopic (exact) mass is 492 g/mol. The summed E-state index contributed by atoms with van der Waals surface area (Å²) in [6.07, 6.45) is 7.34. The number of nitrogens with zero attached hydrogens (tertiary/aromatic N) is 3. The molecule has 4 rings (SSSR count). The third-order valence-electron chi connectivity index (χ3n) is 6.31. The number of aromatic nitrogens is 2. The molecule has 1 saturated heterocycles. The van der Waals surface area contributed by atoms with Crippen molar-refractivity contribution in [2.45, 2.75) is 57.9 Å². The minimum Gasteiger partial charge on any atom is -0.497 e. The van der Waals surface area contributed by atoms with Crippen molar-refractivity contribution in [3.63, 3.8) is 0 Å². The topological polar surface area (TPSA) is 84.4 Å². The maximum Gasteiger partial charge on any atom is 0.254 e. The van der Waals surface area contributed by atoms with Crippen LogP contribution in [0.3, 0.4) is 0 Å². The average Bonchev–Trinajstić information content (AvgIpc) is 3.57. The molecule has 3 aromatic rings. The summed E-state index contributed by atoms with van der Waals surface area (Å²) in [6.45, 7) is 2.78. The third-order valence-corrected chi connectivity index (χ3v) is 7.20. The van der Waals surface area contributed by atoms with E-state index in [0.29, 0.717) is 28.7 Å². The highest BCUT2D eigenvalue weighted by molar-refractivity contribution is 7.18. The number of carbonyl (C=O) groups is 2. The predicted octanol–water partition coefficient (Wildman–Crippen LogP) is 5.58. The lowest BCUT2D eigenvalue weighted by molar-refractivity contribution is -0.119. The zero-order chi connectivity index (χ0) is 24.6. The van der Waals surface area contributed by atoms with Crippen molar-refractivity contribution in [3.8, 4) is 16.3 Å². The summed E-state index contributed by atoms with van der Waals surface area (Å²) in [5.41, 5.74) is 2.74. The molecule has 0 spiro atoms. The fourth-order valence-corrected chi connectivity index (χ4v) is 5.10. The lowest BCUT2D eigenvalue weighted by Crippen LogP contribution is -2.43. The molecule has 2 aromatic carbocycles. The second-order valence-electron chi connectivity index (χ2n) is 8.80. The lowest BCUT2D eigenvalue weighted by Gasteiger charge is -2.23. The molecule has 1 aliphatic rings. The largest absolute Gasteiger partial charge is 0.497 e. The first-order valence-electron chi connectivity index (χ1n) is 12.3. The summed E-state index contributed by atoms with van der Waals surface area (Å²) in [6, 6.07) is 14.9. The molecule has 35 heavy (non-hydrogen) atoms. The number of anilines is 1. The number of amides is 2. The van der Waals surface area contributed by atoms with E-state index >= 15 is 0 Å². The summed E-state index contributed by atoms with van der Waals surface area (Å²) in [4.78, 5) is 27.9. The molecule has 1 aliphatic heterocycles. The van der Waals surface area contributed by atoms with Crippen LogP contribution in [0.1, 0.15) is 61.4 Å². The van der Waals surface area contributed by atoms with Gasteiger partial charge in [0.15, 0.2) is 0 Å². The van der Waals surface area contributed by atoms with Crippen LogP contribution in [0.5, 0.6) is 5.75 Å². The van der Waals surface area contributed by atoms with Crippen LogP contribution >= 0.6 is 11.3 Å². The molecule has 1 aromatic heterocycles. The van der Waals surface area contributed by atoms with Crippen molar-refractivity contribution in [1.29, 1.82) is 0 Å². The van der Waals surface area contributed by atoms with Gasteiger partial charge >= 0.3 is 0 Å². The first kappa shape index (κ1) is 24.9. The number of ether oxygens (including phenoxy) is 1. The highest BCUT2D eigenvalue weighted by atomic mass is 32.1. The van der Waals surface area contributed by atoms with E-state index in [9.17, 15) is 9.59 Å². The molecule has 0 saturated carbocycles. The standard InChI is InChI=1S/C27H32N4O3S/c1-3-4-5-6-9-19-13-15-20(16-14-19)26(33)31-17-8-12-23(31)24(32)28-27-30-29-25(35-27)21-10-7-11-22(18-21)34-2/h7,10-11,13-16,18,23H,3-6,8-9,12,17H2,1-2H3,(H,28,30,32). The molecule has 7 nitrogen and oxygen atoms in total. The van der Waals surface area contributed by atoms with Crippen LogP contribution in [0.15, 0.2) is 48.5 Å². The van der Waals surface area contributed by atoms with Crippen molar-refractivity contribution in [1.82, 2.24) is 15.1 Å². The van der Waals surface area contributed by atoms with Crippen LogP contribution < -0.4 is 10.1 Å². The molecule has 1 unspecified atom stereocenters. The Morgan fingerprint density at radius 1 is 1.11 bits per heavy atom. The van der Waals surface area contributed by atoms with Crippen molar-refractivity contribution in [2.75, 3.05) is 19.0 Å². The summed E-state index contributed by atoms with van der Waals surface area (Å²) < 4.78 is 5.27. The second-order valence-corrected chi connectivity index (χ2v) is 9.78. The second kappa shape index (κ2) is 11.9. The fraction of sp³-hybridized carbons (Fsp3) is 0.407. The number of unbranched alkanes of at least 4 members (excludes halogenated alkanes) is 3. The fourth-order valence-electron chi connectivity index (χ4n) is 4.35. The van der Waals surface area contributed by atoms with Gasteiger partial charge in [-0.1, -0.05) is 61.8 Å². The van der Waals surface area contributed by atoms with E-state index in [1.807, 2.05) is 48.5 Å². The Bertz CT molecular complexity index is 1150. The molecule has 2 amide bonds. The number of hydrogen-bond donors (Lipinski definition) is 1. The molecule has 8 heteroatoms. The number of nitrogens with one attached hydrogen (secondary N) is 1. The number of aryl methyl sites for hydroxylation is 1. The Hall–Kier alpha value is -3.26. The van der Waals surface area contributed by atoms with Gasteiger partial charge in [0.1, 0.15) is 16.8 Å². The van der Waals surface area contributed by atoms with E-state index in [-0.39, 0.29) is 11.8 Å². The van der Waals surface area contributed by atoms with Gasteiger partial charge in [-0.05, 0) is 55.5 Å². The van der Waals surface area contributed by atoms with Crippen molar-refractivity contribution in [3.05, 3.63) is 59.7 Å². The Morgan fingerprint density at radius 3 is 2.71 bits per heavy atom. The van der Waals surface area contributed by atoms with E-state index in [4.69, 9.17) is 4.74 Å². The first-order chi connectivity index (χ1) is 17.1. The van der Waals surface area contributed by atoms with Crippen LogP contribution in [0.2, 0.25) is 0 Å². The number of methoxy groups -OCH3 is 1. The molecule has 0 aliphatic carbocycles. The third kappa shape index (κ3) is 6.25. The van der Waals surface area contributed by atoms with E-state index in [2.05, 4.69) is 22.4 Å². The van der Waals surface area contributed by atoms with E-state index in [1.165, 1.54) is 42.6 Å². The Balaban J connectivity index is 1.37. The number of likely N-dealkylation sites (tertiary alicyclic amines) is 1. The summed E-state index contributed by atoms with van der Waals surface area (Å²) >= 11 is 1.30.